The van der Waals surface area contributed by atoms with Crippen molar-refractivity contribution in [1.82, 2.24) is 14.8 Å². The molecule has 0 fully saturated rings. The number of nitrogens with zero attached hydrogens (tertiary/aromatic N) is 3. The highest BCUT2D eigenvalue weighted by molar-refractivity contribution is 7.99. The van der Waals surface area contributed by atoms with Crippen molar-refractivity contribution in [1.29, 1.82) is 0 Å². The number of carbonyl (C=O) groups is 2. The lowest BCUT2D eigenvalue weighted by Crippen LogP contribution is -2.16. The van der Waals surface area contributed by atoms with Gasteiger partial charge in [0.05, 0.1) is 12.9 Å². The van der Waals surface area contributed by atoms with Crippen molar-refractivity contribution in [3.63, 3.8) is 0 Å². The third-order valence-corrected chi connectivity index (χ3v) is 7.42. The Balaban J connectivity index is 1.50. The topological polar surface area (TPSA) is 86.1 Å². The van der Waals surface area contributed by atoms with Gasteiger partial charge in [0.2, 0.25) is 5.91 Å². The number of nitrogens with one attached hydrogen (secondary N) is 1. The number of halogens is 2. The smallest absolute Gasteiger partial charge is 0.341 e. The summed E-state index contributed by atoms with van der Waals surface area (Å²) in [6, 6.07) is 14.5. The lowest BCUT2D eigenvalue weighted by Gasteiger charge is -2.09. The van der Waals surface area contributed by atoms with Crippen molar-refractivity contribution in [2.75, 3.05) is 18.2 Å². The van der Waals surface area contributed by atoms with E-state index in [1.807, 2.05) is 41.1 Å². The number of anilines is 1. The molecule has 0 aliphatic heterocycles. The molecule has 4 aromatic rings. The first kappa shape index (κ1) is 25.2. The van der Waals surface area contributed by atoms with E-state index in [4.69, 9.17) is 27.9 Å². The second-order valence-electron chi connectivity index (χ2n) is 7.25. The van der Waals surface area contributed by atoms with Crippen LogP contribution in [0, 0.1) is 0 Å². The summed E-state index contributed by atoms with van der Waals surface area (Å²) < 4.78 is 6.91. The Labute approximate surface area is 220 Å². The number of carbonyl (C=O) groups excluding carboxylic acids is 2. The van der Waals surface area contributed by atoms with Crippen LogP contribution in [0.1, 0.15) is 17.3 Å². The summed E-state index contributed by atoms with van der Waals surface area (Å²) in [5, 5.41) is 15.5. The average molecular weight is 547 g/mol. The number of aromatic nitrogens is 3. The fraction of sp³-hybridized carbons (Fsp3) is 0.167. The molecule has 0 aliphatic carbocycles. The van der Waals surface area contributed by atoms with Gasteiger partial charge in [0.1, 0.15) is 10.6 Å². The summed E-state index contributed by atoms with van der Waals surface area (Å²) in [7, 11) is 1.31. The van der Waals surface area contributed by atoms with Gasteiger partial charge in [0.25, 0.3) is 0 Å². The highest BCUT2D eigenvalue weighted by Gasteiger charge is 2.23. The number of hydrogen-bond donors (Lipinski definition) is 1. The average Bonchev–Trinajstić information content (AvgIpc) is 3.47. The number of benzene rings is 2. The Morgan fingerprint density at radius 3 is 2.26 bits per heavy atom. The molecule has 0 saturated heterocycles. The van der Waals surface area contributed by atoms with Crippen LogP contribution in [0.3, 0.4) is 0 Å². The van der Waals surface area contributed by atoms with Gasteiger partial charge in [-0.2, -0.15) is 0 Å². The van der Waals surface area contributed by atoms with Crippen LogP contribution in [0.4, 0.5) is 5.00 Å². The third kappa shape index (κ3) is 5.70. The molecule has 0 saturated carbocycles. The number of esters is 1. The lowest BCUT2D eigenvalue weighted by atomic mass is 10.0. The summed E-state index contributed by atoms with van der Waals surface area (Å²) in [6.45, 7) is 2.62. The molecule has 180 valence electrons. The molecule has 2 aromatic heterocycles. The predicted octanol–water partition coefficient (Wildman–Crippen LogP) is 6.52. The molecule has 2 aromatic carbocycles. The van der Waals surface area contributed by atoms with E-state index >= 15 is 0 Å². The van der Waals surface area contributed by atoms with Gasteiger partial charge in [-0.1, -0.05) is 47.1 Å². The molecule has 0 atom stereocenters. The molecule has 35 heavy (non-hydrogen) atoms. The third-order valence-electron chi connectivity index (χ3n) is 5.06. The van der Waals surface area contributed by atoms with E-state index in [-0.39, 0.29) is 11.7 Å². The monoisotopic (exact) mass is 546 g/mol. The molecular weight excluding hydrogens is 527 g/mol. The molecule has 0 spiro atoms. The van der Waals surface area contributed by atoms with Gasteiger partial charge in [0, 0.05) is 33.1 Å². The van der Waals surface area contributed by atoms with Crippen LogP contribution in [0.25, 0.3) is 22.5 Å². The second-order valence-corrected chi connectivity index (χ2v) is 9.94. The number of hydrogen-bond acceptors (Lipinski definition) is 7. The van der Waals surface area contributed by atoms with Gasteiger partial charge in [-0.3, -0.25) is 4.79 Å². The highest BCUT2D eigenvalue weighted by Crippen LogP contribution is 2.37. The molecule has 7 nitrogen and oxygen atoms in total. The molecule has 1 amide bonds. The van der Waals surface area contributed by atoms with Gasteiger partial charge < -0.3 is 14.6 Å². The largest absolute Gasteiger partial charge is 0.465 e. The zero-order valence-corrected chi connectivity index (χ0v) is 21.9. The Kier molecular flexibility index (Phi) is 8.12. The molecule has 0 bridgehead atoms. The molecule has 11 heteroatoms. The normalized spacial score (nSPS) is 10.9. The first-order valence-corrected chi connectivity index (χ1v) is 13.1. The SMILES string of the molecule is CCn1c(SCC(=O)Nc2scc(-c3ccc(Cl)cc3)c2C(=O)OC)nnc1-c1ccc(Cl)cc1. The minimum Gasteiger partial charge on any atom is -0.465 e. The van der Waals surface area contributed by atoms with E-state index in [1.54, 1.807) is 24.3 Å². The minimum atomic E-state index is -0.530. The summed E-state index contributed by atoms with van der Waals surface area (Å²) in [5.41, 5.74) is 2.66. The van der Waals surface area contributed by atoms with Crippen LogP contribution in [0.15, 0.2) is 59.1 Å². The maximum Gasteiger partial charge on any atom is 0.341 e. The Morgan fingerprint density at radius 1 is 1.03 bits per heavy atom. The van der Waals surface area contributed by atoms with Crippen LogP contribution in [-0.4, -0.2) is 39.5 Å². The Morgan fingerprint density at radius 2 is 1.66 bits per heavy atom. The number of methoxy groups -OCH3 is 1. The van der Waals surface area contributed by atoms with Crippen molar-refractivity contribution in [2.24, 2.45) is 0 Å². The van der Waals surface area contributed by atoms with Crippen molar-refractivity contribution >= 4 is 63.2 Å². The fourth-order valence-electron chi connectivity index (χ4n) is 3.38. The van der Waals surface area contributed by atoms with Gasteiger partial charge in [-0.25, -0.2) is 4.79 Å². The number of amides is 1. The van der Waals surface area contributed by atoms with E-state index in [2.05, 4.69) is 15.5 Å². The molecule has 0 unspecified atom stereocenters. The molecular formula is C24H20Cl2N4O3S2. The van der Waals surface area contributed by atoms with E-state index in [0.717, 1.165) is 11.1 Å². The van der Waals surface area contributed by atoms with Gasteiger partial charge >= 0.3 is 5.97 Å². The summed E-state index contributed by atoms with van der Waals surface area (Å²) >= 11 is 14.5. The van der Waals surface area contributed by atoms with Crippen molar-refractivity contribution in [3.8, 4) is 22.5 Å². The van der Waals surface area contributed by atoms with Gasteiger partial charge in [0.15, 0.2) is 11.0 Å². The number of rotatable bonds is 8. The predicted molar refractivity (Wildman–Crippen MR) is 142 cm³/mol. The van der Waals surface area contributed by atoms with Gasteiger partial charge in [-0.15, -0.1) is 21.5 Å². The Bertz CT molecular complexity index is 1350. The van der Waals surface area contributed by atoms with E-state index in [1.165, 1.54) is 30.2 Å². The van der Waals surface area contributed by atoms with Crippen molar-refractivity contribution in [2.45, 2.75) is 18.6 Å². The molecule has 2 heterocycles. The summed E-state index contributed by atoms with van der Waals surface area (Å²) in [4.78, 5) is 25.3. The Hall–Kier alpha value is -2.85. The van der Waals surface area contributed by atoms with E-state index in [9.17, 15) is 9.59 Å². The van der Waals surface area contributed by atoms with E-state index < -0.39 is 5.97 Å². The maximum atomic E-state index is 12.8. The van der Waals surface area contributed by atoms with Crippen molar-refractivity contribution in [3.05, 3.63) is 69.5 Å². The van der Waals surface area contributed by atoms with Crippen LogP contribution < -0.4 is 5.32 Å². The molecule has 0 radical (unpaired) electrons. The quantitative estimate of drug-likeness (QED) is 0.200. The summed E-state index contributed by atoms with van der Waals surface area (Å²) in [6.07, 6.45) is 0. The number of thioether (sulfide) groups is 1. The zero-order valence-electron chi connectivity index (χ0n) is 18.7. The van der Waals surface area contributed by atoms with Crippen molar-refractivity contribution < 1.29 is 14.3 Å². The first-order valence-electron chi connectivity index (χ1n) is 10.5. The standard InChI is InChI=1S/C24H20Cl2N4O3S2/c1-3-30-21(15-6-10-17(26)11-7-15)28-29-24(30)35-13-19(31)27-22-20(23(32)33-2)18(12-34-22)14-4-8-16(25)9-5-14/h4-12H,3,13H2,1-2H3,(H,27,31). The van der Waals surface area contributed by atoms with Crippen LogP contribution in [-0.2, 0) is 16.1 Å². The van der Waals surface area contributed by atoms with Crippen LogP contribution in [0.2, 0.25) is 10.0 Å². The lowest BCUT2D eigenvalue weighted by molar-refractivity contribution is -0.113. The first-order chi connectivity index (χ1) is 16.9. The molecule has 4 rings (SSSR count). The van der Waals surface area contributed by atoms with E-state index in [0.29, 0.717) is 43.7 Å². The molecule has 1 N–H and O–H groups in total. The maximum absolute atomic E-state index is 12.8. The minimum absolute atomic E-state index is 0.0908. The molecule has 0 aliphatic rings. The second kappa shape index (κ2) is 11.3. The highest BCUT2D eigenvalue weighted by atomic mass is 35.5. The number of thiophene rings is 1. The zero-order chi connectivity index (χ0) is 24.9. The van der Waals surface area contributed by atoms with Crippen LogP contribution in [0.5, 0.6) is 0 Å². The van der Waals surface area contributed by atoms with Crippen LogP contribution >= 0.6 is 46.3 Å². The number of ether oxygens (including phenoxy) is 1. The van der Waals surface area contributed by atoms with Gasteiger partial charge in [-0.05, 0) is 48.9 Å². The summed E-state index contributed by atoms with van der Waals surface area (Å²) in [5.74, 6) is -0.0140. The fourth-order valence-corrected chi connectivity index (χ4v) is 5.41.